The molecule has 7 nitrogen and oxygen atoms in total. The molecule has 2 N–H and O–H groups in total. The van der Waals surface area contributed by atoms with Crippen LogP contribution in [-0.2, 0) is 11.3 Å². The van der Waals surface area contributed by atoms with E-state index in [0.29, 0.717) is 24.6 Å². The molecule has 0 spiro atoms. The van der Waals surface area contributed by atoms with Gasteiger partial charge in [-0.15, -0.1) is 24.0 Å². The van der Waals surface area contributed by atoms with Crippen LogP contribution in [0.15, 0.2) is 29.3 Å². The van der Waals surface area contributed by atoms with E-state index >= 15 is 0 Å². The number of halogens is 1. The fourth-order valence-electron chi connectivity index (χ4n) is 1.84. The lowest BCUT2D eigenvalue weighted by atomic mass is 10.1. The van der Waals surface area contributed by atoms with Crippen LogP contribution in [0, 0.1) is 0 Å². The van der Waals surface area contributed by atoms with Gasteiger partial charge in [0, 0.05) is 40.3 Å². The van der Waals surface area contributed by atoms with Gasteiger partial charge in [0.15, 0.2) is 5.96 Å². The Kier molecular flexibility index (Phi) is 10.8. The molecule has 0 aliphatic carbocycles. The maximum Gasteiger partial charge on any atom is 0.253 e. The third-order valence-electron chi connectivity index (χ3n) is 3.28. The van der Waals surface area contributed by atoms with Crippen molar-refractivity contribution in [3.63, 3.8) is 0 Å². The first-order chi connectivity index (χ1) is 11.3. The molecule has 8 heteroatoms. The number of benzene rings is 1. The van der Waals surface area contributed by atoms with E-state index < -0.39 is 0 Å². The summed E-state index contributed by atoms with van der Waals surface area (Å²) >= 11 is 0. The number of nitrogens with one attached hydrogen (secondary N) is 2. The molecule has 0 saturated carbocycles. The van der Waals surface area contributed by atoms with Crippen molar-refractivity contribution in [2.24, 2.45) is 4.99 Å². The van der Waals surface area contributed by atoms with Crippen molar-refractivity contribution >= 4 is 41.8 Å². The van der Waals surface area contributed by atoms with Gasteiger partial charge in [-0.1, -0.05) is 12.1 Å². The molecule has 0 aromatic heterocycles. The summed E-state index contributed by atoms with van der Waals surface area (Å²) in [4.78, 5) is 31.0. The van der Waals surface area contributed by atoms with Crippen LogP contribution in [-0.4, -0.2) is 68.9 Å². The van der Waals surface area contributed by atoms with Gasteiger partial charge < -0.3 is 20.4 Å². The largest absolute Gasteiger partial charge is 0.357 e. The molecule has 0 saturated heterocycles. The van der Waals surface area contributed by atoms with E-state index in [0.717, 1.165) is 5.56 Å². The SMILES string of the molecule is CCNC(=NCc1ccc(C(=O)N(C)C)cc1)NCC(=O)N(C)C.I. The van der Waals surface area contributed by atoms with Crippen LogP contribution in [0.1, 0.15) is 22.8 Å². The topological polar surface area (TPSA) is 77.0 Å². The van der Waals surface area contributed by atoms with Crippen molar-refractivity contribution in [1.29, 1.82) is 0 Å². The van der Waals surface area contributed by atoms with Crippen LogP contribution in [0.4, 0.5) is 0 Å². The molecule has 25 heavy (non-hydrogen) atoms. The molecule has 140 valence electrons. The molecular weight excluding hydrogens is 433 g/mol. The highest BCUT2D eigenvalue weighted by atomic mass is 127. The summed E-state index contributed by atoms with van der Waals surface area (Å²) in [5, 5.41) is 6.10. The summed E-state index contributed by atoms with van der Waals surface area (Å²) in [5.74, 6) is 0.538. The first kappa shape index (κ1) is 23.2. The summed E-state index contributed by atoms with van der Waals surface area (Å²) in [6, 6.07) is 7.36. The summed E-state index contributed by atoms with van der Waals surface area (Å²) in [7, 11) is 6.88. The summed E-state index contributed by atoms with van der Waals surface area (Å²) in [6.07, 6.45) is 0. The minimum atomic E-state index is -0.0257. The van der Waals surface area contributed by atoms with E-state index in [1.165, 1.54) is 4.90 Å². The van der Waals surface area contributed by atoms with Crippen molar-refractivity contribution in [1.82, 2.24) is 20.4 Å². The quantitative estimate of drug-likeness (QED) is 0.379. The molecule has 1 aromatic rings. The Morgan fingerprint density at radius 3 is 2.08 bits per heavy atom. The molecular formula is C17H28IN5O2. The second kappa shape index (κ2) is 11.7. The molecule has 1 rings (SSSR count). The maximum absolute atomic E-state index is 11.9. The Labute approximate surface area is 166 Å². The Hall–Kier alpha value is -1.84. The molecule has 0 aliphatic rings. The smallest absolute Gasteiger partial charge is 0.253 e. The summed E-state index contributed by atoms with van der Waals surface area (Å²) < 4.78 is 0. The molecule has 0 atom stereocenters. The van der Waals surface area contributed by atoms with Gasteiger partial charge in [-0.05, 0) is 24.6 Å². The van der Waals surface area contributed by atoms with Crippen molar-refractivity contribution in [3.05, 3.63) is 35.4 Å². The standard InChI is InChI=1S/C17H27N5O2.HI/c1-6-18-17(20-12-15(23)21(2)3)19-11-13-7-9-14(10-8-13)16(24)22(4)5;/h7-10H,6,11-12H2,1-5H3,(H2,18,19,20);1H. The number of likely N-dealkylation sites (N-methyl/N-ethyl adjacent to an activating group) is 1. The molecule has 2 amide bonds. The molecule has 1 aromatic carbocycles. The van der Waals surface area contributed by atoms with Crippen molar-refractivity contribution in [2.75, 3.05) is 41.3 Å². The van der Waals surface area contributed by atoms with E-state index in [4.69, 9.17) is 0 Å². The number of hydrogen-bond donors (Lipinski definition) is 2. The van der Waals surface area contributed by atoms with E-state index in [1.54, 1.807) is 45.2 Å². The first-order valence-electron chi connectivity index (χ1n) is 7.88. The van der Waals surface area contributed by atoms with Gasteiger partial charge in [0.05, 0.1) is 13.1 Å². The minimum Gasteiger partial charge on any atom is -0.357 e. The van der Waals surface area contributed by atoms with Crippen LogP contribution in [0.3, 0.4) is 0 Å². The lowest BCUT2D eigenvalue weighted by Crippen LogP contribution is -2.42. The van der Waals surface area contributed by atoms with Gasteiger partial charge in [0.25, 0.3) is 5.91 Å². The fraction of sp³-hybridized carbons (Fsp3) is 0.471. The average Bonchev–Trinajstić information content (AvgIpc) is 2.56. The van der Waals surface area contributed by atoms with Crippen molar-refractivity contribution < 1.29 is 9.59 Å². The van der Waals surface area contributed by atoms with Crippen LogP contribution in [0.5, 0.6) is 0 Å². The van der Waals surface area contributed by atoms with Crippen LogP contribution < -0.4 is 10.6 Å². The number of carbonyl (C=O) groups excluding carboxylic acids is 2. The van der Waals surface area contributed by atoms with Gasteiger partial charge in [0.1, 0.15) is 0 Å². The van der Waals surface area contributed by atoms with E-state index in [2.05, 4.69) is 15.6 Å². The zero-order chi connectivity index (χ0) is 18.1. The molecule has 0 radical (unpaired) electrons. The number of aliphatic imine (C=N–C) groups is 1. The Balaban J connectivity index is 0.00000576. The zero-order valence-corrected chi connectivity index (χ0v) is 17.8. The average molecular weight is 461 g/mol. The zero-order valence-electron chi connectivity index (χ0n) is 15.5. The second-order valence-corrected chi connectivity index (χ2v) is 5.73. The predicted octanol–water partition coefficient (Wildman–Crippen LogP) is 1.15. The first-order valence-corrected chi connectivity index (χ1v) is 7.88. The molecule has 0 bridgehead atoms. The maximum atomic E-state index is 11.9. The third kappa shape index (κ3) is 8.19. The van der Waals surface area contributed by atoms with Crippen LogP contribution in [0.2, 0.25) is 0 Å². The number of carbonyl (C=O) groups is 2. The monoisotopic (exact) mass is 461 g/mol. The molecule has 0 fully saturated rings. The highest BCUT2D eigenvalue weighted by molar-refractivity contribution is 14.0. The van der Waals surface area contributed by atoms with Crippen molar-refractivity contribution in [2.45, 2.75) is 13.5 Å². The molecule has 0 heterocycles. The van der Waals surface area contributed by atoms with E-state index in [9.17, 15) is 9.59 Å². The Bertz CT molecular complexity index is 585. The van der Waals surface area contributed by atoms with Gasteiger partial charge in [0.2, 0.25) is 5.91 Å². The Morgan fingerprint density at radius 2 is 1.60 bits per heavy atom. The van der Waals surface area contributed by atoms with Gasteiger partial charge >= 0.3 is 0 Å². The highest BCUT2D eigenvalue weighted by Gasteiger charge is 2.08. The third-order valence-corrected chi connectivity index (χ3v) is 3.28. The number of rotatable bonds is 6. The van der Waals surface area contributed by atoms with Crippen molar-refractivity contribution in [3.8, 4) is 0 Å². The van der Waals surface area contributed by atoms with Crippen LogP contribution >= 0.6 is 24.0 Å². The van der Waals surface area contributed by atoms with Gasteiger partial charge in [-0.2, -0.15) is 0 Å². The number of nitrogens with zero attached hydrogens (tertiary/aromatic N) is 3. The summed E-state index contributed by atoms with van der Waals surface area (Å²) in [5.41, 5.74) is 1.63. The summed E-state index contributed by atoms with van der Waals surface area (Å²) in [6.45, 7) is 3.32. The van der Waals surface area contributed by atoms with Crippen LogP contribution in [0.25, 0.3) is 0 Å². The van der Waals surface area contributed by atoms with E-state index in [-0.39, 0.29) is 42.3 Å². The number of guanidine groups is 1. The molecule has 0 unspecified atom stereocenters. The predicted molar refractivity (Wildman–Crippen MR) is 111 cm³/mol. The van der Waals surface area contributed by atoms with E-state index in [1.807, 2.05) is 19.1 Å². The number of amides is 2. The molecule has 0 aliphatic heterocycles. The second-order valence-electron chi connectivity index (χ2n) is 5.73. The van der Waals surface area contributed by atoms with Gasteiger partial charge in [-0.3, -0.25) is 9.59 Å². The normalized spacial score (nSPS) is 10.5. The Morgan fingerprint density at radius 1 is 1.00 bits per heavy atom. The lowest BCUT2D eigenvalue weighted by molar-refractivity contribution is -0.127. The lowest BCUT2D eigenvalue weighted by Gasteiger charge is -2.14. The minimum absolute atomic E-state index is 0. The van der Waals surface area contributed by atoms with Gasteiger partial charge in [-0.25, -0.2) is 4.99 Å². The number of hydrogen-bond acceptors (Lipinski definition) is 3. The highest BCUT2D eigenvalue weighted by Crippen LogP contribution is 2.07. The fourth-order valence-corrected chi connectivity index (χ4v) is 1.84.